The molecule has 0 aromatic carbocycles. The van der Waals surface area contributed by atoms with Crippen molar-refractivity contribution in [2.24, 2.45) is 34.0 Å². The van der Waals surface area contributed by atoms with Gasteiger partial charge in [-0.2, -0.15) is 0 Å². The van der Waals surface area contributed by atoms with Crippen molar-refractivity contribution in [1.82, 2.24) is 0 Å². The predicted octanol–water partition coefficient (Wildman–Crippen LogP) is 6.41. The first kappa shape index (κ1) is 17.0. The van der Waals surface area contributed by atoms with E-state index in [0.717, 1.165) is 18.3 Å². The summed E-state index contributed by atoms with van der Waals surface area (Å²) in [5.74, 6) is 2.23. The van der Waals surface area contributed by atoms with E-state index in [-0.39, 0.29) is 16.2 Å². The Balaban J connectivity index is 1.79. The molecule has 0 heterocycles. The average molecular weight is 351 g/mol. The SMILES string of the molecule is CC(C)C1=C2C=C3C(=C(C=O)[C@]4(C)CC[C@H]5[C@H](C)CC[C@]354)C[C@]2(C)CC1. The summed E-state index contributed by atoms with van der Waals surface area (Å²) in [4.78, 5) is 12.3. The monoisotopic (exact) mass is 350 g/mol. The van der Waals surface area contributed by atoms with E-state index in [1.54, 1.807) is 16.7 Å². The van der Waals surface area contributed by atoms with Crippen LogP contribution in [0.2, 0.25) is 0 Å². The zero-order valence-corrected chi connectivity index (χ0v) is 17.2. The third-order valence-corrected chi connectivity index (χ3v) is 9.59. The summed E-state index contributed by atoms with van der Waals surface area (Å²) in [6.45, 7) is 12.1. The van der Waals surface area contributed by atoms with Crippen LogP contribution < -0.4 is 0 Å². The van der Waals surface area contributed by atoms with Crippen molar-refractivity contribution >= 4 is 6.29 Å². The van der Waals surface area contributed by atoms with Crippen LogP contribution in [-0.2, 0) is 4.79 Å². The molecule has 0 amide bonds. The van der Waals surface area contributed by atoms with Crippen LogP contribution in [0.15, 0.2) is 33.9 Å². The number of carbonyl (C=O) groups excluding carboxylic acids is 1. The Morgan fingerprint density at radius 2 is 1.92 bits per heavy atom. The van der Waals surface area contributed by atoms with E-state index >= 15 is 0 Å². The van der Waals surface area contributed by atoms with E-state index < -0.39 is 0 Å². The van der Waals surface area contributed by atoms with E-state index in [9.17, 15) is 4.79 Å². The molecule has 0 saturated heterocycles. The van der Waals surface area contributed by atoms with Crippen LogP contribution in [0.25, 0.3) is 0 Å². The molecule has 140 valence electrons. The Labute approximate surface area is 159 Å². The summed E-state index contributed by atoms with van der Waals surface area (Å²) in [5, 5.41) is 0. The lowest BCUT2D eigenvalue weighted by molar-refractivity contribution is -0.106. The minimum atomic E-state index is 0.0961. The standard InChI is InChI=1S/C25H34O/c1-15(2)17-7-9-23(4)13-18-21(12-20(17)23)25-11-6-16(3)19(25)8-10-24(25,5)22(18)14-26/h12,14-16,19H,6-11,13H2,1-5H3/t16-,19+,23+,24+,25-/m1/s1. The fourth-order valence-electron chi connectivity index (χ4n) is 8.22. The number of carbonyl (C=O) groups is 1. The molecule has 5 rings (SSSR count). The molecule has 5 atom stereocenters. The molecule has 0 radical (unpaired) electrons. The zero-order valence-electron chi connectivity index (χ0n) is 17.2. The Morgan fingerprint density at radius 3 is 2.62 bits per heavy atom. The van der Waals surface area contributed by atoms with E-state index in [4.69, 9.17) is 0 Å². The van der Waals surface area contributed by atoms with Crippen LogP contribution in [0.3, 0.4) is 0 Å². The van der Waals surface area contributed by atoms with Gasteiger partial charge in [-0.25, -0.2) is 0 Å². The maximum absolute atomic E-state index is 12.3. The Kier molecular flexibility index (Phi) is 3.29. The maximum atomic E-state index is 12.3. The summed E-state index contributed by atoms with van der Waals surface area (Å²) in [5.41, 5.74) is 8.24. The second kappa shape index (κ2) is 5.03. The van der Waals surface area contributed by atoms with Crippen LogP contribution in [0, 0.1) is 34.0 Å². The van der Waals surface area contributed by atoms with Gasteiger partial charge in [0.2, 0.25) is 0 Å². The molecule has 0 bridgehead atoms. The van der Waals surface area contributed by atoms with Gasteiger partial charge in [-0.15, -0.1) is 0 Å². The van der Waals surface area contributed by atoms with Gasteiger partial charge >= 0.3 is 0 Å². The summed E-state index contributed by atoms with van der Waals surface area (Å²) in [6, 6.07) is 0. The molecule has 0 aromatic heterocycles. The van der Waals surface area contributed by atoms with Gasteiger partial charge in [0.15, 0.2) is 0 Å². The molecule has 5 aliphatic carbocycles. The van der Waals surface area contributed by atoms with E-state index in [1.807, 2.05) is 0 Å². The Bertz CT molecular complexity index is 793. The van der Waals surface area contributed by atoms with E-state index in [2.05, 4.69) is 40.7 Å². The number of hydrogen-bond donors (Lipinski definition) is 0. The van der Waals surface area contributed by atoms with Gasteiger partial charge in [0.25, 0.3) is 0 Å². The van der Waals surface area contributed by atoms with Crippen molar-refractivity contribution < 1.29 is 4.79 Å². The molecule has 1 nitrogen and oxygen atoms in total. The van der Waals surface area contributed by atoms with Crippen molar-refractivity contribution in [3.05, 3.63) is 33.9 Å². The lowest BCUT2D eigenvalue weighted by Gasteiger charge is -2.43. The molecule has 2 fully saturated rings. The van der Waals surface area contributed by atoms with Crippen molar-refractivity contribution in [2.75, 3.05) is 0 Å². The molecule has 1 heteroatoms. The topological polar surface area (TPSA) is 17.1 Å². The highest BCUT2D eigenvalue weighted by Gasteiger charge is 2.69. The van der Waals surface area contributed by atoms with Gasteiger partial charge in [-0.3, -0.25) is 4.79 Å². The minimum absolute atomic E-state index is 0.0961. The van der Waals surface area contributed by atoms with Gasteiger partial charge in [0.05, 0.1) is 0 Å². The first-order chi connectivity index (χ1) is 12.3. The summed E-state index contributed by atoms with van der Waals surface area (Å²) in [7, 11) is 0. The molecule has 0 N–H and O–H groups in total. The second-order valence-electron chi connectivity index (χ2n) is 10.9. The fourth-order valence-corrected chi connectivity index (χ4v) is 8.22. The molecular formula is C25H34O. The molecule has 5 aliphatic rings. The minimum Gasteiger partial charge on any atom is -0.298 e. The van der Waals surface area contributed by atoms with Gasteiger partial charge in [0, 0.05) is 16.4 Å². The fraction of sp³-hybridized carbons (Fsp3) is 0.720. The van der Waals surface area contributed by atoms with Crippen molar-refractivity contribution in [2.45, 2.75) is 79.6 Å². The highest BCUT2D eigenvalue weighted by molar-refractivity contribution is 5.84. The zero-order chi connectivity index (χ0) is 18.5. The Hall–Kier alpha value is -1.11. The smallest absolute Gasteiger partial charge is 0.146 e. The molecule has 26 heavy (non-hydrogen) atoms. The van der Waals surface area contributed by atoms with Crippen molar-refractivity contribution in [3.63, 3.8) is 0 Å². The highest BCUT2D eigenvalue weighted by Crippen LogP contribution is 2.77. The second-order valence-corrected chi connectivity index (χ2v) is 10.9. The van der Waals surface area contributed by atoms with Gasteiger partial charge in [-0.05, 0) is 84.8 Å². The van der Waals surface area contributed by atoms with Crippen molar-refractivity contribution in [3.8, 4) is 0 Å². The first-order valence-electron chi connectivity index (χ1n) is 10.9. The number of allylic oxidation sites excluding steroid dienone is 6. The summed E-state index contributed by atoms with van der Waals surface area (Å²) >= 11 is 0. The quantitative estimate of drug-likeness (QED) is 0.526. The van der Waals surface area contributed by atoms with E-state index in [1.165, 1.54) is 56.0 Å². The van der Waals surface area contributed by atoms with Crippen LogP contribution in [-0.4, -0.2) is 6.29 Å². The van der Waals surface area contributed by atoms with E-state index in [0.29, 0.717) is 5.92 Å². The molecule has 1 spiro atoms. The molecule has 0 unspecified atom stereocenters. The third-order valence-electron chi connectivity index (χ3n) is 9.59. The average Bonchev–Trinajstić information content (AvgIpc) is 3.23. The molecular weight excluding hydrogens is 316 g/mol. The van der Waals surface area contributed by atoms with Crippen LogP contribution >= 0.6 is 0 Å². The number of rotatable bonds is 2. The Morgan fingerprint density at radius 1 is 1.15 bits per heavy atom. The van der Waals surface area contributed by atoms with Crippen molar-refractivity contribution in [1.29, 1.82) is 0 Å². The lowest BCUT2D eigenvalue weighted by Crippen LogP contribution is -2.37. The number of hydrogen-bond acceptors (Lipinski definition) is 1. The largest absolute Gasteiger partial charge is 0.298 e. The summed E-state index contributed by atoms with van der Waals surface area (Å²) < 4.78 is 0. The van der Waals surface area contributed by atoms with Gasteiger partial charge < -0.3 is 0 Å². The van der Waals surface area contributed by atoms with Crippen LogP contribution in [0.5, 0.6) is 0 Å². The number of fused-ring (bicyclic) bond motifs is 2. The number of aldehydes is 1. The lowest BCUT2D eigenvalue weighted by atomic mass is 9.60. The van der Waals surface area contributed by atoms with Crippen LogP contribution in [0.1, 0.15) is 79.6 Å². The summed E-state index contributed by atoms with van der Waals surface area (Å²) in [6.07, 6.45) is 12.7. The maximum Gasteiger partial charge on any atom is 0.146 e. The molecule has 2 saturated carbocycles. The molecule has 0 aromatic rings. The molecule has 0 aliphatic heterocycles. The van der Waals surface area contributed by atoms with Crippen LogP contribution in [0.4, 0.5) is 0 Å². The third kappa shape index (κ3) is 1.68. The normalized spacial score (nSPS) is 46.5. The predicted molar refractivity (Wildman–Crippen MR) is 107 cm³/mol. The van der Waals surface area contributed by atoms with Gasteiger partial charge in [-0.1, -0.05) is 46.3 Å². The first-order valence-corrected chi connectivity index (χ1v) is 10.9. The van der Waals surface area contributed by atoms with Gasteiger partial charge in [0.1, 0.15) is 6.29 Å². The highest BCUT2D eigenvalue weighted by atomic mass is 16.1.